The van der Waals surface area contributed by atoms with Crippen LogP contribution in [0.4, 0.5) is 10.5 Å². The van der Waals surface area contributed by atoms with Crippen molar-refractivity contribution in [3.8, 4) is 0 Å². The first-order chi connectivity index (χ1) is 14.0. The van der Waals surface area contributed by atoms with Crippen LogP contribution in [0.1, 0.15) is 24.5 Å². The highest BCUT2D eigenvalue weighted by Crippen LogP contribution is 2.27. The van der Waals surface area contributed by atoms with E-state index in [0.717, 1.165) is 39.9 Å². The minimum atomic E-state index is -0.740. The van der Waals surface area contributed by atoms with Crippen molar-refractivity contribution in [1.29, 1.82) is 0 Å². The van der Waals surface area contributed by atoms with Gasteiger partial charge in [-0.1, -0.05) is 37.3 Å². The molecule has 1 fully saturated rings. The maximum Gasteiger partial charge on any atom is 0.335 e. The molecule has 3 aromatic rings. The van der Waals surface area contributed by atoms with Crippen LogP contribution in [-0.4, -0.2) is 22.4 Å². The summed E-state index contributed by atoms with van der Waals surface area (Å²) in [6.07, 6.45) is 4.47. The lowest BCUT2D eigenvalue weighted by atomic mass is 10.1. The number of hydrogen-bond donors (Lipinski definition) is 1. The number of urea groups is 1. The number of anilines is 1. The second-order valence-corrected chi connectivity index (χ2v) is 7.09. The molecule has 1 N–H and O–H groups in total. The number of benzene rings is 2. The summed E-state index contributed by atoms with van der Waals surface area (Å²) in [6.45, 7) is 4.80. The normalized spacial score (nSPS) is 16.0. The Bertz CT molecular complexity index is 1170. The Morgan fingerprint density at radius 2 is 1.83 bits per heavy atom. The molecule has 1 saturated heterocycles. The number of nitrogens with one attached hydrogen (secondary N) is 1. The maximum absolute atomic E-state index is 13.1. The molecule has 146 valence electrons. The monoisotopic (exact) mass is 387 g/mol. The molecular formula is C23H21N3O3. The molecule has 0 aliphatic carbocycles. The molecule has 0 atom stereocenters. The fourth-order valence-electron chi connectivity index (χ4n) is 3.63. The quantitative estimate of drug-likeness (QED) is 0.543. The van der Waals surface area contributed by atoms with Crippen LogP contribution in [0.25, 0.3) is 17.0 Å². The number of nitrogens with zero attached hydrogens (tertiary/aromatic N) is 2. The summed E-state index contributed by atoms with van der Waals surface area (Å²) in [5.74, 6) is -1.31. The van der Waals surface area contributed by atoms with Crippen LogP contribution < -0.4 is 10.2 Å². The van der Waals surface area contributed by atoms with E-state index in [1.54, 1.807) is 24.3 Å². The fourth-order valence-corrected chi connectivity index (χ4v) is 3.63. The molecule has 2 heterocycles. The SMILES string of the molecule is CCCn1cc(/C=C2\C(=O)NC(=O)N(c3cccc(C)c3)C2=O)c2ccccc21. The Balaban J connectivity index is 1.81. The Morgan fingerprint density at radius 1 is 1.03 bits per heavy atom. The molecule has 1 aliphatic rings. The predicted molar refractivity (Wildman–Crippen MR) is 112 cm³/mol. The van der Waals surface area contributed by atoms with Gasteiger partial charge in [0.25, 0.3) is 11.8 Å². The number of hydrogen-bond acceptors (Lipinski definition) is 3. The molecule has 0 spiro atoms. The average molecular weight is 387 g/mol. The van der Waals surface area contributed by atoms with Crippen molar-refractivity contribution in [1.82, 2.24) is 9.88 Å². The number of rotatable bonds is 4. The number of para-hydroxylation sites is 1. The Hall–Kier alpha value is -3.67. The van der Waals surface area contributed by atoms with Crippen LogP contribution >= 0.6 is 0 Å². The van der Waals surface area contributed by atoms with Gasteiger partial charge in [0.2, 0.25) is 0 Å². The van der Waals surface area contributed by atoms with Gasteiger partial charge in [0.1, 0.15) is 5.57 Å². The summed E-state index contributed by atoms with van der Waals surface area (Å²) in [5.41, 5.74) is 3.08. The molecule has 4 amide bonds. The van der Waals surface area contributed by atoms with Crippen molar-refractivity contribution in [2.24, 2.45) is 0 Å². The molecule has 1 aliphatic heterocycles. The molecule has 6 heteroatoms. The molecular weight excluding hydrogens is 366 g/mol. The third-order valence-corrected chi connectivity index (χ3v) is 4.95. The first-order valence-corrected chi connectivity index (χ1v) is 9.55. The van der Waals surface area contributed by atoms with Crippen LogP contribution in [-0.2, 0) is 16.1 Å². The highest BCUT2D eigenvalue weighted by molar-refractivity contribution is 6.39. The molecule has 2 aromatic carbocycles. The van der Waals surface area contributed by atoms with Crippen molar-refractivity contribution in [3.63, 3.8) is 0 Å². The predicted octanol–water partition coefficient (Wildman–Crippen LogP) is 4.03. The molecule has 0 saturated carbocycles. The minimum Gasteiger partial charge on any atom is -0.347 e. The average Bonchev–Trinajstić information content (AvgIpc) is 3.03. The molecule has 6 nitrogen and oxygen atoms in total. The summed E-state index contributed by atoms with van der Waals surface area (Å²) in [6, 6.07) is 14.2. The number of fused-ring (bicyclic) bond motifs is 1. The van der Waals surface area contributed by atoms with Gasteiger partial charge in [-0.15, -0.1) is 0 Å². The highest BCUT2D eigenvalue weighted by atomic mass is 16.2. The van der Waals surface area contributed by atoms with Gasteiger partial charge in [-0.05, 0) is 43.2 Å². The second kappa shape index (κ2) is 7.39. The third kappa shape index (κ3) is 3.33. The lowest BCUT2D eigenvalue weighted by Gasteiger charge is -2.26. The van der Waals surface area contributed by atoms with Crippen molar-refractivity contribution >= 4 is 40.5 Å². The number of barbiturate groups is 1. The molecule has 0 unspecified atom stereocenters. The van der Waals surface area contributed by atoms with E-state index < -0.39 is 17.8 Å². The van der Waals surface area contributed by atoms with Gasteiger partial charge in [-0.2, -0.15) is 0 Å². The lowest BCUT2D eigenvalue weighted by molar-refractivity contribution is -0.122. The fraction of sp³-hybridized carbons (Fsp3) is 0.174. The summed E-state index contributed by atoms with van der Waals surface area (Å²) in [7, 11) is 0. The number of aryl methyl sites for hydroxylation is 2. The zero-order valence-corrected chi connectivity index (χ0v) is 16.3. The van der Waals surface area contributed by atoms with Gasteiger partial charge < -0.3 is 4.57 Å². The van der Waals surface area contributed by atoms with Crippen LogP contribution in [0.3, 0.4) is 0 Å². The molecule has 29 heavy (non-hydrogen) atoms. The summed E-state index contributed by atoms with van der Waals surface area (Å²) in [5, 5.41) is 3.23. The topological polar surface area (TPSA) is 71.4 Å². The van der Waals surface area contributed by atoms with Crippen LogP contribution in [0.15, 0.2) is 60.3 Å². The van der Waals surface area contributed by atoms with E-state index in [2.05, 4.69) is 16.8 Å². The van der Waals surface area contributed by atoms with Crippen molar-refractivity contribution in [2.45, 2.75) is 26.8 Å². The van der Waals surface area contributed by atoms with Crippen LogP contribution in [0, 0.1) is 6.92 Å². The first kappa shape index (κ1) is 18.7. The van der Waals surface area contributed by atoms with E-state index in [1.807, 2.05) is 43.5 Å². The molecule has 4 rings (SSSR count). The second-order valence-electron chi connectivity index (χ2n) is 7.09. The van der Waals surface area contributed by atoms with Gasteiger partial charge >= 0.3 is 6.03 Å². The van der Waals surface area contributed by atoms with E-state index in [9.17, 15) is 14.4 Å². The van der Waals surface area contributed by atoms with Gasteiger partial charge in [-0.3, -0.25) is 14.9 Å². The number of carbonyl (C=O) groups excluding carboxylic acids is 3. The maximum atomic E-state index is 13.1. The summed E-state index contributed by atoms with van der Waals surface area (Å²) in [4.78, 5) is 39.0. The van der Waals surface area contributed by atoms with E-state index in [0.29, 0.717) is 5.69 Å². The number of carbonyl (C=O) groups is 3. The number of aromatic nitrogens is 1. The van der Waals surface area contributed by atoms with Gasteiger partial charge in [0, 0.05) is 29.2 Å². The number of imide groups is 2. The Kier molecular flexibility index (Phi) is 4.76. The molecule has 0 radical (unpaired) electrons. The molecule has 0 bridgehead atoms. The standard InChI is InChI=1S/C23H21N3O3/c1-3-11-25-14-16(18-9-4-5-10-20(18)25)13-19-21(27)24-23(29)26(22(19)28)17-8-6-7-15(2)12-17/h4-10,12-14H,3,11H2,1-2H3,(H,24,27,29)/b19-13+. The third-order valence-electron chi connectivity index (χ3n) is 4.95. The summed E-state index contributed by atoms with van der Waals surface area (Å²) < 4.78 is 2.11. The summed E-state index contributed by atoms with van der Waals surface area (Å²) >= 11 is 0. The van der Waals surface area contributed by atoms with E-state index >= 15 is 0 Å². The molecule has 1 aromatic heterocycles. The largest absolute Gasteiger partial charge is 0.347 e. The van der Waals surface area contributed by atoms with Crippen molar-refractivity contribution < 1.29 is 14.4 Å². The first-order valence-electron chi connectivity index (χ1n) is 9.55. The van der Waals surface area contributed by atoms with Gasteiger partial charge in [0.05, 0.1) is 5.69 Å². The smallest absolute Gasteiger partial charge is 0.335 e. The Morgan fingerprint density at radius 3 is 2.59 bits per heavy atom. The number of amides is 4. The van der Waals surface area contributed by atoms with E-state index in [-0.39, 0.29) is 5.57 Å². The Labute approximate surface area is 168 Å². The van der Waals surface area contributed by atoms with Gasteiger partial charge in [0.15, 0.2) is 0 Å². The van der Waals surface area contributed by atoms with Crippen molar-refractivity contribution in [3.05, 3.63) is 71.4 Å². The van der Waals surface area contributed by atoms with Crippen LogP contribution in [0.5, 0.6) is 0 Å². The van der Waals surface area contributed by atoms with E-state index in [4.69, 9.17) is 0 Å². The van der Waals surface area contributed by atoms with Crippen molar-refractivity contribution in [2.75, 3.05) is 4.90 Å². The van der Waals surface area contributed by atoms with Crippen LogP contribution in [0.2, 0.25) is 0 Å². The van der Waals surface area contributed by atoms with E-state index in [1.165, 1.54) is 0 Å². The lowest BCUT2D eigenvalue weighted by Crippen LogP contribution is -2.54. The zero-order chi connectivity index (χ0) is 20.5. The minimum absolute atomic E-state index is 0.0643. The zero-order valence-electron chi connectivity index (χ0n) is 16.3. The highest BCUT2D eigenvalue weighted by Gasteiger charge is 2.37. The van der Waals surface area contributed by atoms with Gasteiger partial charge in [-0.25, -0.2) is 9.69 Å².